The maximum absolute atomic E-state index is 12.2. The number of hydrogen-bond acceptors (Lipinski definition) is 3. The van der Waals surface area contributed by atoms with E-state index in [9.17, 15) is 4.79 Å². The third-order valence-electron chi connectivity index (χ3n) is 2.66. The predicted octanol–water partition coefficient (Wildman–Crippen LogP) is 4.06. The zero-order valence-corrected chi connectivity index (χ0v) is 12.4. The second-order valence-electron chi connectivity index (χ2n) is 5.23. The van der Waals surface area contributed by atoms with Gasteiger partial charge in [-0.3, -0.25) is 4.79 Å². The Hall–Kier alpha value is -1.13. The van der Waals surface area contributed by atoms with Crippen molar-refractivity contribution in [3.8, 4) is 0 Å². The van der Waals surface area contributed by atoms with Crippen LogP contribution < -0.4 is 5.32 Å². The molecule has 0 fully saturated rings. The monoisotopic (exact) mass is 279 g/mol. The molecule has 0 aliphatic heterocycles. The van der Waals surface area contributed by atoms with Gasteiger partial charge in [0.05, 0.1) is 6.04 Å². The summed E-state index contributed by atoms with van der Waals surface area (Å²) >= 11 is 3.32. The molecular weight excluding hydrogens is 262 g/mol. The highest BCUT2D eigenvalue weighted by molar-refractivity contribution is 7.10. The van der Waals surface area contributed by atoms with Crippen molar-refractivity contribution in [2.75, 3.05) is 0 Å². The van der Waals surface area contributed by atoms with Crippen LogP contribution in [0.25, 0.3) is 0 Å². The lowest BCUT2D eigenvalue weighted by Gasteiger charge is -2.23. The highest BCUT2D eigenvalue weighted by atomic mass is 32.1. The average Bonchev–Trinajstić information content (AvgIpc) is 2.97. The molecule has 2 aromatic rings. The molecule has 0 unspecified atom stereocenters. The Kier molecular flexibility index (Phi) is 3.88. The first-order valence-electron chi connectivity index (χ1n) is 5.85. The van der Waals surface area contributed by atoms with Gasteiger partial charge in [-0.2, -0.15) is 11.3 Å². The summed E-state index contributed by atoms with van der Waals surface area (Å²) in [6.07, 6.45) is 0. The Labute approximate surface area is 116 Å². The van der Waals surface area contributed by atoms with Crippen molar-refractivity contribution in [1.82, 2.24) is 5.32 Å². The van der Waals surface area contributed by atoms with Gasteiger partial charge in [-0.05, 0) is 33.8 Å². The van der Waals surface area contributed by atoms with Crippen molar-refractivity contribution in [2.45, 2.75) is 26.8 Å². The molecule has 1 atom stereocenters. The van der Waals surface area contributed by atoms with Crippen molar-refractivity contribution >= 4 is 28.6 Å². The molecule has 0 aliphatic carbocycles. The molecule has 0 spiro atoms. The van der Waals surface area contributed by atoms with Gasteiger partial charge in [0.25, 0.3) is 0 Å². The van der Waals surface area contributed by atoms with E-state index in [2.05, 4.69) is 22.8 Å². The van der Waals surface area contributed by atoms with Gasteiger partial charge >= 0.3 is 0 Å². The lowest BCUT2D eigenvalue weighted by atomic mass is 9.94. The molecule has 1 N–H and O–H groups in total. The number of rotatable bonds is 3. The second-order valence-corrected chi connectivity index (χ2v) is 6.99. The van der Waals surface area contributed by atoms with Crippen LogP contribution in [-0.2, 0) is 4.79 Å². The lowest BCUT2D eigenvalue weighted by molar-refractivity contribution is -0.129. The summed E-state index contributed by atoms with van der Waals surface area (Å²) in [5.74, 6) is 0.0760. The van der Waals surface area contributed by atoms with Gasteiger partial charge in [0.1, 0.15) is 0 Å². The molecule has 0 aromatic carbocycles. The summed E-state index contributed by atoms with van der Waals surface area (Å²) in [4.78, 5) is 13.3. The van der Waals surface area contributed by atoms with Crippen LogP contribution in [0, 0.1) is 5.41 Å². The lowest BCUT2D eigenvalue weighted by Crippen LogP contribution is -2.37. The first-order chi connectivity index (χ1) is 8.48. The first kappa shape index (κ1) is 13.3. The quantitative estimate of drug-likeness (QED) is 0.902. The van der Waals surface area contributed by atoms with Gasteiger partial charge in [0.15, 0.2) is 0 Å². The summed E-state index contributed by atoms with van der Waals surface area (Å²) in [5, 5.41) is 9.31. The smallest absolute Gasteiger partial charge is 0.226 e. The Balaban J connectivity index is 2.25. The van der Waals surface area contributed by atoms with Crippen LogP contribution in [0.3, 0.4) is 0 Å². The first-order valence-corrected chi connectivity index (χ1v) is 7.67. The average molecular weight is 279 g/mol. The summed E-state index contributed by atoms with van der Waals surface area (Å²) in [7, 11) is 0. The minimum Gasteiger partial charge on any atom is -0.344 e. The van der Waals surface area contributed by atoms with Crippen molar-refractivity contribution in [3.63, 3.8) is 0 Å². The Morgan fingerprint density at radius 3 is 2.56 bits per heavy atom. The Bertz CT molecular complexity index is 460. The van der Waals surface area contributed by atoms with Gasteiger partial charge in [0, 0.05) is 10.3 Å². The molecule has 0 saturated heterocycles. The number of carbonyl (C=O) groups excluding carboxylic acids is 1. The molecule has 2 aromatic heterocycles. The molecule has 0 saturated carbocycles. The second kappa shape index (κ2) is 5.24. The maximum Gasteiger partial charge on any atom is 0.226 e. The predicted molar refractivity (Wildman–Crippen MR) is 78.1 cm³/mol. The molecule has 4 heteroatoms. The van der Waals surface area contributed by atoms with E-state index in [-0.39, 0.29) is 17.4 Å². The topological polar surface area (TPSA) is 29.1 Å². The normalized spacial score (nSPS) is 13.3. The Morgan fingerprint density at radius 1 is 1.28 bits per heavy atom. The van der Waals surface area contributed by atoms with E-state index in [0.29, 0.717) is 0 Å². The number of hydrogen-bond donors (Lipinski definition) is 1. The Morgan fingerprint density at radius 2 is 2.06 bits per heavy atom. The van der Waals surface area contributed by atoms with Gasteiger partial charge in [-0.25, -0.2) is 0 Å². The molecule has 0 bridgehead atoms. The van der Waals surface area contributed by atoms with E-state index in [1.165, 1.54) is 4.88 Å². The molecule has 96 valence electrons. The third kappa shape index (κ3) is 3.00. The standard InChI is InChI=1S/C14H17NOS2/c1-14(2,3)13(16)15-12(10-6-8-17-9-10)11-5-4-7-18-11/h4-9,12H,1-3H3,(H,15,16)/t12-/m0/s1. The van der Waals surface area contributed by atoms with Crippen molar-refractivity contribution in [1.29, 1.82) is 0 Å². The zero-order valence-electron chi connectivity index (χ0n) is 10.8. The van der Waals surface area contributed by atoms with Gasteiger partial charge in [0.2, 0.25) is 5.91 Å². The van der Waals surface area contributed by atoms with E-state index in [1.54, 1.807) is 22.7 Å². The number of carbonyl (C=O) groups is 1. The van der Waals surface area contributed by atoms with Crippen LogP contribution >= 0.6 is 22.7 Å². The van der Waals surface area contributed by atoms with Gasteiger partial charge < -0.3 is 5.32 Å². The highest BCUT2D eigenvalue weighted by Crippen LogP contribution is 2.28. The number of thiophene rings is 2. The van der Waals surface area contributed by atoms with Gasteiger partial charge in [-0.1, -0.05) is 26.8 Å². The van der Waals surface area contributed by atoms with E-state index in [4.69, 9.17) is 0 Å². The van der Waals surface area contributed by atoms with Crippen molar-refractivity contribution < 1.29 is 4.79 Å². The molecule has 2 rings (SSSR count). The maximum atomic E-state index is 12.2. The van der Waals surface area contributed by atoms with Gasteiger partial charge in [-0.15, -0.1) is 11.3 Å². The van der Waals surface area contributed by atoms with E-state index >= 15 is 0 Å². The SMILES string of the molecule is CC(C)(C)C(=O)N[C@@H](c1ccsc1)c1cccs1. The molecule has 1 amide bonds. The zero-order chi connectivity index (χ0) is 13.2. The fraction of sp³-hybridized carbons (Fsp3) is 0.357. The molecule has 0 radical (unpaired) electrons. The van der Waals surface area contributed by atoms with Crippen LogP contribution in [-0.4, -0.2) is 5.91 Å². The summed E-state index contributed by atoms with van der Waals surface area (Å²) < 4.78 is 0. The molecule has 18 heavy (non-hydrogen) atoms. The molecular formula is C14H17NOS2. The van der Waals surface area contributed by atoms with E-state index < -0.39 is 0 Å². The molecule has 0 aliphatic rings. The van der Waals surface area contributed by atoms with Crippen molar-refractivity contribution in [2.24, 2.45) is 5.41 Å². The minimum atomic E-state index is -0.370. The van der Waals surface area contributed by atoms with E-state index in [1.807, 2.05) is 37.6 Å². The summed E-state index contributed by atoms with van der Waals surface area (Å²) in [6, 6.07) is 6.12. The highest BCUT2D eigenvalue weighted by Gasteiger charge is 2.26. The minimum absolute atomic E-state index is 0.0250. The fourth-order valence-electron chi connectivity index (χ4n) is 1.56. The fourth-order valence-corrected chi connectivity index (χ4v) is 3.05. The molecule has 2 heterocycles. The third-order valence-corrected chi connectivity index (χ3v) is 4.30. The van der Waals surface area contributed by atoms with E-state index in [0.717, 1.165) is 5.56 Å². The summed E-state index contributed by atoms with van der Waals surface area (Å²) in [5.41, 5.74) is 0.783. The van der Waals surface area contributed by atoms with Crippen LogP contribution in [0.4, 0.5) is 0 Å². The molecule has 2 nitrogen and oxygen atoms in total. The largest absolute Gasteiger partial charge is 0.344 e. The van der Waals surface area contributed by atoms with Crippen molar-refractivity contribution in [3.05, 3.63) is 44.8 Å². The summed E-state index contributed by atoms with van der Waals surface area (Å²) in [6.45, 7) is 5.80. The van der Waals surface area contributed by atoms with Crippen LogP contribution in [0.1, 0.15) is 37.3 Å². The van der Waals surface area contributed by atoms with Crippen LogP contribution in [0.5, 0.6) is 0 Å². The number of nitrogens with one attached hydrogen (secondary N) is 1. The number of amides is 1. The van der Waals surface area contributed by atoms with Crippen LogP contribution in [0.15, 0.2) is 34.3 Å². The van der Waals surface area contributed by atoms with Crippen LogP contribution in [0.2, 0.25) is 0 Å².